The van der Waals surface area contributed by atoms with Crippen molar-refractivity contribution in [3.8, 4) is 5.75 Å². The number of nitrogens with zero attached hydrogens (tertiary/aromatic N) is 1. The number of anilines is 1. The van der Waals surface area contributed by atoms with E-state index in [1.54, 1.807) is 6.07 Å². The number of benzene rings is 2. The third-order valence-corrected chi connectivity index (χ3v) is 3.74. The third kappa shape index (κ3) is 5.30. The van der Waals surface area contributed by atoms with Gasteiger partial charge in [0.15, 0.2) is 6.61 Å². The smallest absolute Gasteiger partial charge is 0.269 e. The molecular weight excluding hydrogens is 338 g/mol. The Morgan fingerprint density at radius 1 is 1.08 bits per heavy atom. The van der Waals surface area contributed by atoms with Gasteiger partial charge in [0, 0.05) is 17.8 Å². The second-order valence-electron chi connectivity index (χ2n) is 5.61. The van der Waals surface area contributed by atoms with E-state index in [-0.39, 0.29) is 24.7 Å². The maximum absolute atomic E-state index is 11.9. The fourth-order valence-electron chi connectivity index (χ4n) is 2.12. The minimum Gasteiger partial charge on any atom is -0.484 e. The van der Waals surface area contributed by atoms with Gasteiger partial charge in [-0.1, -0.05) is 12.1 Å². The van der Waals surface area contributed by atoms with Crippen molar-refractivity contribution < 1.29 is 19.2 Å². The van der Waals surface area contributed by atoms with E-state index in [2.05, 4.69) is 10.6 Å². The molecule has 0 fully saturated rings. The Hall–Kier alpha value is -3.42. The van der Waals surface area contributed by atoms with Crippen molar-refractivity contribution in [2.75, 3.05) is 18.5 Å². The molecule has 0 aliphatic heterocycles. The minimum absolute atomic E-state index is 0.0649. The minimum atomic E-state index is -0.523. The number of aryl methyl sites for hydroxylation is 1. The van der Waals surface area contributed by atoms with Gasteiger partial charge in [-0.2, -0.15) is 0 Å². The summed E-state index contributed by atoms with van der Waals surface area (Å²) in [7, 11) is 0. The van der Waals surface area contributed by atoms with Crippen LogP contribution in [-0.4, -0.2) is 29.9 Å². The Morgan fingerprint density at radius 2 is 1.77 bits per heavy atom. The summed E-state index contributed by atoms with van der Waals surface area (Å²) < 4.78 is 5.22. The van der Waals surface area contributed by atoms with Crippen LogP contribution >= 0.6 is 0 Å². The first kappa shape index (κ1) is 18.9. The predicted octanol–water partition coefficient (Wildman–Crippen LogP) is 2.35. The lowest BCUT2D eigenvalue weighted by molar-refractivity contribution is -0.384. The highest BCUT2D eigenvalue weighted by atomic mass is 16.6. The molecule has 8 heteroatoms. The lowest BCUT2D eigenvalue weighted by atomic mass is 10.1. The first-order chi connectivity index (χ1) is 12.4. The molecule has 8 nitrogen and oxygen atoms in total. The molecule has 2 aromatic carbocycles. The van der Waals surface area contributed by atoms with Crippen molar-refractivity contribution in [3.05, 3.63) is 63.7 Å². The summed E-state index contributed by atoms with van der Waals surface area (Å²) in [4.78, 5) is 33.7. The SMILES string of the molecule is Cc1cccc(NC(=O)CNC(=O)COc2ccc([N+](=O)[O-])cc2)c1C. The second kappa shape index (κ2) is 8.61. The van der Waals surface area contributed by atoms with Gasteiger partial charge in [0.25, 0.3) is 11.6 Å². The van der Waals surface area contributed by atoms with Crippen molar-refractivity contribution in [1.82, 2.24) is 5.32 Å². The van der Waals surface area contributed by atoms with Gasteiger partial charge in [-0.25, -0.2) is 0 Å². The summed E-state index contributed by atoms with van der Waals surface area (Å²) in [5, 5.41) is 15.8. The van der Waals surface area contributed by atoms with E-state index in [4.69, 9.17) is 4.74 Å². The van der Waals surface area contributed by atoms with Gasteiger partial charge < -0.3 is 15.4 Å². The van der Waals surface area contributed by atoms with Crippen LogP contribution in [0, 0.1) is 24.0 Å². The number of amides is 2. The van der Waals surface area contributed by atoms with Gasteiger partial charge in [0.2, 0.25) is 5.91 Å². The van der Waals surface area contributed by atoms with E-state index in [0.717, 1.165) is 11.1 Å². The van der Waals surface area contributed by atoms with Gasteiger partial charge in [-0.05, 0) is 43.2 Å². The lowest BCUT2D eigenvalue weighted by Crippen LogP contribution is -2.35. The molecule has 0 bridgehead atoms. The number of nitro groups is 1. The van der Waals surface area contributed by atoms with Crippen LogP contribution in [0.2, 0.25) is 0 Å². The standard InChI is InChI=1S/C18H19N3O5/c1-12-4-3-5-16(13(12)2)20-17(22)10-19-18(23)11-26-15-8-6-14(7-9-15)21(24)25/h3-9H,10-11H2,1-2H3,(H,19,23)(H,20,22). The summed E-state index contributed by atoms with van der Waals surface area (Å²) in [6.45, 7) is 3.37. The maximum Gasteiger partial charge on any atom is 0.269 e. The number of non-ortho nitro benzene ring substituents is 1. The van der Waals surface area contributed by atoms with E-state index in [9.17, 15) is 19.7 Å². The van der Waals surface area contributed by atoms with Crippen LogP contribution in [0.5, 0.6) is 5.75 Å². The fourth-order valence-corrected chi connectivity index (χ4v) is 2.12. The van der Waals surface area contributed by atoms with Crippen molar-refractivity contribution in [3.63, 3.8) is 0 Å². The second-order valence-corrected chi connectivity index (χ2v) is 5.61. The van der Waals surface area contributed by atoms with E-state index in [0.29, 0.717) is 11.4 Å². The van der Waals surface area contributed by atoms with Crippen LogP contribution in [-0.2, 0) is 9.59 Å². The van der Waals surface area contributed by atoms with Gasteiger partial charge in [0.1, 0.15) is 5.75 Å². The van der Waals surface area contributed by atoms with Crippen molar-refractivity contribution in [1.29, 1.82) is 0 Å². The van der Waals surface area contributed by atoms with Crippen molar-refractivity contribution in [2.45, 2.75) is 13.8 Å². The van der Waals surface area contributed by atoms with E-state index >= 15 is 0 Å². The zero-order valence-electron chi connectivity index (χ0n) is 14.4. The summed E-state index contributed by atoms with van der Waals surface area (Å²) in [5.74, 6) is -0.493. The summed E-state index contributed by atoms with van der Waals surface area (Å²) >= 11 is 0. The topological polar surface area (TPSA) is 111 Å². The Morgan fingerprint density at radius 3 is 2.42 bits per heavy atom. The normalized spacial score (nSPS) is 10.1. The quantitative estimate of drug-likeness (QED) is 0.584. The number of ether oxygens (including phenoxy) is 1. The van der Waals surface area contributed by atoms with E-state index in [1.165, 1.54) is 24.3 Å². The van der Waals surface area contributed by atoms with Gasteiger partial charge >= 0.3 is 0 Å². The first-order valence-corrected chi connectivity index (χ1v) is 7.87. The van der Waals surface area contributed by atoms with Crippen LogP contribution < -0.4 is 15.4 Å². The molecular formula is C18H19N3O5. The zero-order valence-corrected chi connectivity index (χ0v) is 14.4. The molecule has 0 aliphatic rings. The van der Waals surface area contributed by atoms with E-state index in [1.807, 2.05) is 26.0 Å². The zero-order chi connectivity index (χ0) is 19.1. The molecule has 0 radical (unpaired) electrons. The molecule has 0 spiro atoms. The molecule has 26 heavy (non-hydrogen) atoms. The highest BCUT2D eigenvalue weighted by Gasteiger charge is 2.09. The van der Waals surface area contributed by atoms with Crippen LogP contribution in [0.25, 0.3) is 0 Å². The number of rotatable bonds is 7. The number of nitro benzene ring substituents is 1. The predicted molar refractivity (Wildman–Crippen MR) is 96.1 cm³/mol. The number of nitrogens with one attached hydrogen (secondary N) is 2. The molecule has 0 atom stereocenters. The monoisotopic (exact) mass is 357 g/mol. The first-order valence-electron chi connectivity index (χ1n) is 7.87. The molecule has 0 aliphatic carbocycles. The fraction of sp³-hybridized carbons (Fsp3) is 0.222. The van der Waals surface area contributed by atoms with Gasteiger partial charge in [0.05, 0.1) is 11.5 Å². The molecule has 2 N–H and O–H groups in total. The summed E-state index contributed by atoms with van der Waals surface area (Å²) in [6, 6.07) is 10.9. The average Bonchev–Trinajstić information content (AvgIpc) is 2.62. The molecule has 0 unspecified atom stereocenters. The largest absolute Gasteiger partial charge is 0.484 e. The third-order valence-electron chi connectivity index (χ3n) is 3.74. The molecule has 136 valence electrons. The van der Waals surface area contributed by atoms with Crippen molar-refractivity contribution >= 4 is 23.2 Å². The molecule has 0 saturated carbocycles. The summed E-state index contributed by atoms with van der Waals surface area (Å²) in [6.07, 6.45) is 0. The number of carbonyl (C=O) groups is 2. The highest BCUT2D eigenvalue weighted by molar-refractivity contribution is 5.95. The van der Waals surface area contributed by atoms with E-state index < -0.39 is 10.8 Å². The van der Waals surface area contributed by atoms with Crippen LogP contribution in [0.4, 0.5) is 11.4 Å². The van der Waals surface area contributed by atoms with Crippen LogP contribution in [0.1, 0.15) is 11.1 Å². The molecule has 2 aromatic rings. The molecule has 0 aromatic heterocycles. The number of carbonyl (C=O) groups excluding carboxylic acids is 2. The molecule has 2 rings (SSSR count). The average molecular weight is 357 g/mol. The van der Waals surface area contributed by atoms with Crippen molar-refractivity contribution in [2.24, 2.45) is 0 Å². The number of hydrogen-bond acceptors (Lipinski definition) is 5. The summed E-state index contributed by atoms with van der Waals surface area (Å²) in [5.41, 5.74) is 2.66. The van der Waals surface area contributed by atoms with Gasteiger partial charge in [-0.15, -0.1) is 0 Å². The van der Waals surface area contributed by atoms with Crippen LogP contribution in [0.3, 0.4) is 0 Å². The van der Waals surface area contributed by atoms with Crippen LogP contribution in [0.15, 0.2) is 42.5 Å². The maximum atomic E-state index is 11.9. The Bertz CT molecular complexity index is 818. The van der Waals surface area contributed by atoms with Gasteiger partial charge in [-0.3, -0.25) is 19.7 Å². The molecule has 0 heterocycles. The molecule has 2 amide bonds. The Kier molecular flexibility index (Phi) is 6.26. The highest BCUT2D eigenvalue weighted by Crippen LogP contribution is 2.18. The molecule has 0 saturated heterocycles. The number of hydrogen-bond donors (Lipinski definition) is 2. The lowest BCUT2D eigenvalue weighted by Gasteiger charge is -2.11. The Balaban J connectivity index is 1.76. The Labute approximate surface area is 150 Å².